The molecule has 0 bridgehead atoms. The third kappa shape index (κ3) is 3.89. The number of piperazine rings is 1. The Hall–Kier alpha value is -2.80. The fraction of sp³-hybridized carbons (Fsp3) is 0.333. The van der Waals surface area contributed by atoms with Crippen LogP contribution in [0.15, 0.2) is 48.1 Å². The molecule has 1 aromatic carbocycles. The van der Waals surface area contributed by atoms with E-state index in [0.29, 0.717) is 24.7 Å². The standard InChI is InChI=1S/C21H23N5OS/c1-15(2)16-4-6-17(7-5-16)19-24-18(14-28-19)20(27)25-10-12-26(13-11-25)21-22-8-3-9-23-21/h3-9,14-15H,10-13H2,1-2H3. The molecule has 1 aliphatic heterocycles. The Kier molecular flexibility index (Phi) is 5.34. The molecule has 6 nitrogen and oxygen atoms in total. The minimum absolute atomic E-state index is 0.00469. The number of benzene rings is 1. The summed E-state index contributed by atoms with van der Waals surface area (Å²) in [5, 5.41) is 2.75. The molecule has 0 atom stereocenters. The van der Waals surface area contributed by atoms with Crippen LogP contribution in [0.1, 0.15) is 35.8 Å². The van der Waals surface area contributed by atoms with E-state index in [2.05, 4.69) is 58.0 Å². The fourth-order valence-corrected chi connectivity index (χ4v) is 4.04. The molecule has 1 saturated heterocycles. The first-order chi connectivity index (χ1) is 13.6. The number of rotatable bonds is 4. The van der Waals surface area contributed by atoms with E-state index in [1.54, 1.807) is 18.5 Å². The molecule has 1 amide bonds. The summed E-state index contributed by atoms with van der Waals surface area (Å²) in [5.41, 5.74) is 2.88. The number of carbonyl (C=O) groups is 1. The smallest absolute Gasteiger partial charge is 0.273 e. The topological polar surface area (TPSA) is 62.2 Å². The number of amides is 1. The minimum Gasteiger partial charge on any atom is -0.337 e. The van der Waals surface area contributed by atoms with Gasteiger partial charge in [-0.1, -0.05) is 38.1 Å². The molecule has 4 rings (SSSR count). The summed E-state index contributed by atoms with van der Waals surface area (Å²) in [4.78, 5) is 30.0. The quantitative estimate of drug-likeness (QED) is 0.677. The number of aromatic nitrogens is 3. The minimum atomic E-state index is -0.00469. The first-order valence-corrected chi connectivity index (χ1v) is 10.4. The Morgan fingerprint density at radius 2 is 1.71 bits per heavy atom. The molecule has 144 valence electrons. The Labute approximate surface area is 168 Å². The van der Waals surface area contributed by atoms with Gasteiger partial charge in [0, 0.05) is 49.5 Å². The van der Waals surface area contributed by atoms with Gasteiger partial charge in [-0.25, -0.2) is 15.0 Å². The van der Waals surface area contributed by atoms with E-state index in [1.807, 2.05) is 10.3 Å². The molecular weight excluding hydrogens is 370 g/mol. The van der Waals surface area contributed by atoms with Crippen LogP contribution in [0.5, 0.6) is 0 Å². The van der Waals surface area contributed by atoms with Gasteiger partial charge >= 0.3 is 0 Å². The van der Waals surface area contributed by atoms with E-state index < -0.39 is 0 Å². The third-order valence-electron chi connectivity index (χ3n) is 4.95. The predicted molar refractivity (Wildman–Crippen MR) is 112 cm³/mol. The lowest BCUT2D eigenvalue weighted by Gasteiger charge is -2.34. The summed E-state index contributed by atoms with van der Waals surface area (Å²) in [6.07, 6.45) is 3.48. The van der Waals surface area contributed by atoms with Crippen molar-refractivity contribution in [2.45, 2.75) is 19.8 Å². The van der Waals surface area contributed by atoms with E-state index in [4.69, 9.17) is 0 Å². The predicted octanol–water partition coefficient (Wildman–Crippen LogP) is 3.69. The van der Waals surface area contributed by atoms with E-state index in [9.17, 15) is 4.79 Å². The zero-order chi connectivity index (χ0) is 19.5. The monoisotopic (exact) mass is 393 g/mol. The number of carbonyl (C=O) groups excluding carboxylic acids is 1. The van der Waals surface area contributed by atoms with Crippen LogP contribution < -0.4 is 4.90 Å². The van der Waals surface area contributed by atoms with Crippen LogP contribution in [0, 0.1) is 0 Å². The number of anilines is 1. The largest absolute Gasteiger partial charge is 0.337 e. The van der Waals surface area contributed by atoms with Gasteiger partial charge in [-0.15, -0.1) is 11.3 Å². The van der Waals surface area contributed by atoms with Crippen molar-refractivity contribution in [1.29, 1.82) is 0 Å². The third-order valence-corrected chi connectivity index (χ3v) is 5.84. The Bertz CT molecular complexity index is 931. The van der Waals surface area contributed by atoms with Gasteiger partial charge in [0.15, 0.2) is 0 Å². The van der Waals surface area contributed by atoms with Crippen LogP contribution in [0.4, 0.5) is 5.95 Å². The molecule has 28 heavy (non-hydrogen) atoms. The lowest BCUT2D eigenvalue weighted by atomic mass is 10.0. The average molecular weight is 394 g/mol. The highest BCUT2D eigenvalue weighted by Gasteiger charge is 2.25. The summed E-state index contributed by atoms with van der Waals surface area (Å²) in [6.45, 7) is 7.10. The van der Waals surface area contributed by atoms with Gasteiger partial charge < -0.3 is 9.80 Å². The molecule has 7 heteroatoms. The second kappa shape index (κ2) is 8.06. The molecule has 3 aromatic rings. The lowest BCUT2D eigenvalue weighted by molar-refractivity contribution is 0.0741. The van der Waals surface area contributed by atoms with Crippen molar-refractivity contribution in [2.24, 2.45) is 0 Å². The molecule has 3 heterocycles. The van der Waals surface area contributed by atoms with Gasteiger partial charge in [-0.05, 0) is 17.5 Å². The average Bonchev–Trinajstić information content (AvgIpc) is 3.24. The zero-order valence-electron chi connectivity index (χ0n) is 16.1. The Morgan fingerprint density at radius 1 is 1.04 bits per heavy atom. The first kappa shape index (κ1) is 18.6. The second-order valence-electron chi connectivity index (χ2n) is 7.14. The molecule has 0 unspecified atom stereocenters. The zero-order valence-corrected chi connectivity index (χ0v) is 16.9. The summed E-state index contributed by atoms with van der Waals surface area (Å²) in [6, 6.07) is 10.2. The van der Waals surface area contributed by atoms with Gasteiger partial charge in [0.25, 0.3) is 5.91 Å². The van der Waals surface area contributed by atoms with Gasteiger partial charge in [-0.2, -0.15) is 0 Å². The molecule has 0 saturated carbocycles. The van der Waals surface area contributed by atoms with E-state index >= 15 is 0 Å². The van der Waals surface area contributed by atoms with Gasteiger partial charge in [0.2, 0.25) is 5.95 Å². The van der Waals surface area contributed by atoms with Gasteiger partial charge in [-0.3, -0.25) is 4.79 Å². The number of hydrogen-bond acceptors (Lipinski definition) is 6. The number of hydrogen-bond donors (Lipinski definition) is 0. The maximum absolute atomic E-state index is 12.9. The Morgan fingerprint density at radius 3 is 2.36 bits per heavy atom. The van der Waals surface area contributed by atoms with E-state index in [-0.39, 0.29) is 5.91 Å². The maximum Gasteiger partial charge on any atom is 0.273 e. The SMILES string of the molecule is CC(C)c1ccc(-c2nc(C(=O)N3CCN(c4ncccn4)CC3)cs2)cc1. The van der Waals surface area contributed by atoms with Crippen molar-refractivity contribution in [1.82, 2.24) is 19.9 Å². The maximum atomic E-state index is 12.9. The van der Waals surface area contributed by atoms with Crippen molar-refractivity contribution in [2.75, 3.05) is 31.1 Å². The van der Waals surface area contributed by atoms with Gasteiger partial charge in [0.1, 0.15) is 10.7 Å². The highest BCUT2D eigenvalue weighted by atomic mass is 32.1. The van der Waals surface area contributed by atoms with Crippen molar-refractivity contribution in [3.05, 3.63) is 59.4 Å². The van der Waals surface area contributed by atoms with Gasteiger partial charge in [0.05, 0.1) is 0 Å². The summed E-state index contributed by atoms with van der Waals surface area (Å²) >= 11 is 1.52. The van der Waals surface area contributed by atoms with Crippen LogP contribution in [0.25, 0.3) is 10.6 Å². The van der Waals surface area contributed by atoms with Crippen molar-refractivity contribution in [3.8, 4) is 10.6 Å². The van der Waals surface area contributed by atoms with E-state index in [1.165, 1.54) is 16.9 Å². The van der Waals surface area contributed by atoms with E-state index in [0.717, 1.165) is 29.6 Å². The normalized spacial score (nSPS) is 14.5. The molecule has 2 aromatic heterocycles. The van der Waals surface area contributed by atoms with Crippen LogP contribution >= 0.6 is 11.3 Å². The molecular formula is C21H23N5OS. The van der Waals surface area contributed by atoms with Crippen molar-refractivity contribution >= 4 is 23.2 Å². The molecule has 1 fully saturated rings. The first-order valence-electron chi connectivity index (χ1n) is 9.49. The van der Waals surface area contributed by atoms with Crippen molar-refractivity contribution < 1.29 is 4.79 Å². The second-order valence-corrected chi connectivity index (χ2v) is 8.00. The Balaban J connectivity index is 1.41. The number of nitrogens with zero attached hydrogens (tertiary/aromatic N) is 5. The van der Waals surface area contributed by atoms with Crippen LogP contribution in [0.3, 0.4) is 0 Å². The molecule has 0 radical (unpaired) electrons. The van der Waals surface area contributed by atoms with Crippen LogP contribution in [0.2, 0.25) is 0 Å². The highest BCUT2D eigenvalue weighted by molar-refractivity contribution is 7.13. The summed E-state index contributed by atoms with van der Waals surface area (Å²) < 4.78 is 0. The fourth-order valence-electron chi connectivity index (χ4n) is 3.24. The summed E-state index contributed by atoms with van der Waals surface area (Å²) in [5.74, 6) is 1.22. The summed E-state index contributed by atoms with van der Waals surface area (Å²) in [7, 11) is 0. The van der Waals surface area contributed by atoms with Crippen molar-refractivity contribution in [3.63, 3.8) is 0 Å². The lowest BCUT2D eigenvalue weighted by Crippen LogP contribution is -2.49. The highest BCUT2D eigenvalue weighted by Crippen LogP contribution is 2.26. The number of thiazole rings is 1. The van der Waals surface area contributed by atoms with Crippen LogP contribution in [-0.2, 0) is 0 Å². The molecule has 0 N–H and O–H groups in total. The molecule has 1 aliphatic rings. The molecule has 0 aliphatic carbocycles. The van der Waals surface area contributed by atoms with Crippen LogP contribution in [-0.4, -0.2) is 51.9 Å². The molecule has 0 spiro atoms.